The number of hydrogen-bond acceptors (Lipinski definition) is 3. The topological polar surface area (TPSA) is 30.5 Å². The Balaban J connectivity index is 2.72. The van der Waals surface area contributed by atoms with Crippen LogP contribution >= 0.6 is 0 Å². The van der Waals surface area contributed by atoms with Crippen molar-refractivity contribution in [3.8, 4) is 11.5 Å². The fourth-order valence-corrected chi connectivity index (χ4v) is 2.51. The van der Waals surface area contributed by atoms with Crippen molar-refractivity contribution in [2.24, 2.45) is 5.92 Å². The van der Waals surface area contributed by atoms with Crippen molar-refractivity contribution in [2.45, 2.75) is 53.5 Å². The molecule has 0 saturated heterocycles. The van der Waals surface area contributed by atoms with Crippen LogP contribution in [-0.4, -0.2) is 25.8 Å². The number of ether oxygens (including phenoxy) is 2. The number of rotatable bonds is 10. The van der Waals surface area contributed by atoms with Gasteiger partial charge in [-0.1, -0.05) is 26.8 Å². The first kappa shape index (κ1) is 17.8. The quantitative estimate of drug-likeness (QED) is 0.706. The van der Waals surface area contributed by atoms with Crippen molar-refractivity contribution in [1.82, 2.24) is 5.32 Å². The van der Waals surface area contributed by atoms with Crippen molar-refractivity contribution < 1.29 is 9.47 Å². The highest BCUT2D eigenvalue weighted by molar-refractivity contribution is 5.43. The fourth-order valence-electron chi connectivity index (χ4n) is 2.51. The minimum Gasteiger partial charge on any atom is -0.490 e. The first-order valence-corrected chi connectivity index (χ1v) is 8.24. The number of hydrogen-bond donors (Lipinski definition) is 1. The first-order chi connectivity index (χ1) is 10.1. The van der Waals surface area contributed by atoms with Crippen LogP contribution in [0.3, 0.4) is 0 Å². The summed E-state index contributed by atoms with van der Waals surface area (Å²) in [5, 5.41) is 3.57. The summed E-state index contributed by atoms with van der Waals surface area (Å²) in [6, 6.07) is 6.87. The highest BCUT2D eigenvalue weighted by atomic mass is 16.5. The first-order valence-electron chi connectivity index (χ1n) is 8.24. The van der Waals surface area contributed by atoms with Gasteiger partial charge in [0.1, 0.15) is 0 Å². The zero-order chi connectivity index (χ0) is 15.7. The van der Waals surface area contributed by atoms with Gasteiger partial charge in [-0.25, -0.2) is 0 Å². The summed E-state index contributed by atoms with van der Waals surface area (Å²) in [6.45, 7) is 13.1. The SMILES string of the molecule is CCNC(CCc1ccc(OCC)c(OCC)c1)C(C)C. The smallest absolute Gasteiger partial charge is 0.161 e. The zero-order valence-electron chi connectivity index (χ0n) is 14.2. The Hall–Kier alpha value is -1.22. The summed E-state index contributed by atoms with van der Waals surface area (Å²) in [7, 11) is 0. The van der Waals surface area contributed by atoms with E-state index < -0.39 is 0 Å². The van der Waals surface area contributed by atoms with E-state index in [0.717, 1.165) is 30.9 Å². The number of aryl methyl sites for hydroxylation is 1. The van der Waals surface area contributed by atoms with E-state index >= 15 is 0 Å². The predicted octanol–water partition coefficient (Wildman–Crippen LogP) is 4.05. The molecule has 0 bridgehead atoms. The van der Waals surface area contributed by atoms with Crippen LogP contribution in [0, 0.1) is 5.92 Å². The summed E-state index contributed by atoms with van der Waals surface area (Å²) < 4.78 is 11.3. The molecule has 1 atom stereocenters. The number of benzene rings is 1. The lowest BCUT2D eigenvalue weighted by Crippen LogP contribution is -2.34. The Morgan fingerprint density at radius 1 is 1.00 bits per heavy atom. The third-order valence-electron chi connectivity index (χ3n) is 3.62. The summed E-state index contributed by atoms with van der Waals surface area (Å²) in [6.07, 6.45) is 2.20. The fraction of sp³-hybridized carbons (Fsp3) is 0.667. The van der Waals surface area contributed by atoms with E-state index in [1.165, 1.54) is 5.56 Å². The van der Waals surface area contributed by atoms with E-state index in [1.54, 1.807) is 0 Å². The Bertz CT molecular complexity index is 404. The van der Waals surface area contributed by atoms with Crippen molar-refractivity contribution in [3.63, 3.8) is 0 Å². The molecule has 1 N–H and O–H groups in total. The van der Waals surface area contributed by atoms with E-state index in [4.69, 9.17) is 9.47 Å². The van der Waals surface area contributed by atoms with Crippen LogP contribution in [0.25, 0.3) is 0 Å². The lowest BCUT2D eigenvalue weighted by atomic mass is 9.96. The monoisotopic (exact) mass is 293 g/mol. The summed E-state index contributed by atoms with van der Waals surface area (Å²) >= 11 is 0. The van der Waals surface area contributed by atoms with E-state index in [1.807, 2.05) is 19.9 Å². The molecule has 21 heavy (non-hydrogen) atoms. The molecule has 1 aromatic rings. The Morgan fingerprint density at radius 2 is 1.67 bits per heavy atom. The molecule has 120 valence electrons. The molecule has 3 nitrogen and oxygen atoms in total. The number of nitrogens with one attached hydrogen (secondary N) is 1. The minimum absolute atomic E-state index is 0.567. The molecule has 1 rings (SSSR count). The van der Waals surface area contributed by atoms with Gasteiger partial charge in [-0.15, -0.1) is 0 Å². The second kappa shape index (κ2) is 9.67. The Labute approximate surface area is 130 Å². The van der Waals surface area contributed by atoms with Gasteiger partial charge in [0.15, 0.2) is 11.5 Å². The molecule has 0 aromatic heterocycles. The van der Waals surface area contributed by atoms with Crippen LogP contribution in [0.4, 0.5) is 0 Å². The van der Waals surface area contributed by atoms with Crippen molar-refractivity contribution in [2.75, 3.05) is 19.8 Å². The van der Waals surface area contributed by atoms with Crippen LogP contribution in [0.2, 0.25) is 0 Å². The molecular weight excluding hydrogens is 262 g/mol. The molecule has 0 heterocycles. The molecular formula is C18H31NO2. The summed E-state index contributed by atoms with van der Waals surface area (Å²) in [4.78, 5) is 0. The van der Waals surface area contributed by atoms with Gasteiger partial charge < -0.3 is 14.8 Å². The molecule has 1 unspecified atom stereocenters. The second-order valence-corrected chi connectivity index (χ2v) is 5.59. The average Bonchev–Trinajstić information content (AvgIpc) is 2.46. The van der Waals surface area contributed by atoms with Gasteiger partial charge in [0.2, 0.25) is 0 Å². The molecule has 1 aromatic carbocycles. The molecule has 0 spiro atoms. The summed E-state index contributed by atoms with van der Waals surface area (Å²) in [5.41, 5.74) is 1.31. The van der Waals surface area contributed by atoms with E-state index in [-0.39, 0.29) is 0 Å². The van der Waals surface area contributed by atoms with Crippen LogP contribution in [0.5, 0.6) is 11.5 Å². The maximum atomic E-state index is 5.69. The van der Waals surface area contributed by atoms with Gasteiger partial charge in [0, 0.05) is 6.04 Å². The molecule has 0 aliphatic heterocycles. The third kappa shape index (κ3) is 5.96. The van der Waals surface area contributed by atoms with Crippen LogP contribution in [0.1, 0.15) is 46.6 Å². The lowest BCUT2D eigenvalue weighted by Gasteiger charge is -2.22. The third-order valence-corrected chi connectivity index (χ3v) is 3.62. The maximum Gasteiger partial charge on any atom is 0.161 e. The van der Waals surface area contributed by atoms with Crippen molar-refractivity contribution >= 4 is 0 Å². The molecule has 0 fully saturated rings. The van der Waals surface area contributed by atoms with E-state index in [2.05, 4.69) is 38.2 Å². The van der Waals surface area contributed by atoms with E-state index in [9.17, 15) is 0 Å². The van der Waals surface area contributed by atoms with Gasteiger partial charge in [-0.05, 0) is 56.8 Å². The predicted molar refractivity (Wildman–Crippen MR) is 89.4 cm³/mol. The van der Waals surface area contributed by atoms with Crippen LogP contribution < -0.4 is 14.8 Å². The van der Waals surface area contributed by atoms with Crippen molar-refractivity contribution in [3.05, 3.63) is 23.8 Å². The van der Waals surface area contributed by atoms with Gasteiger partial charge in [0.05, 0.1) is 13.2 Å². The normalized spacial score (nSPS) is 12.5. The van der Waals surface area contributed by atoms with E-state index in [0.29, 0.717) is 25.2 Å². The van der Waals surface area contributed by atoms with Crippen molar-refractivity contribution in [1.29, 1.82) is 0 Å². The van der Waals surface area contributed by atoms with Gasteiger partial charge >= 0.3 is 0 Å². The van der Waals surface area contributed by atoms with Gasteiger partial charge in [0.25, 0.3) is 0 Å². The van der Waals surface area contributed by atoms with Crippen LogP contribution in [0.15, 0.2) is 18.2 Å². The molecule has 0 aliphatic rings. The maximum absolute atomic E-state index is 5.69. The largest absolute Gasteiger partial charge is 0.490 e. The Kier molecular flexibility index (Phi) is 8.21. The highest BCUT2D eigenvalue weighted by Crippen LogP contribution is 2.29. The lowest BCUT2D eigenvalue weighted by molar-refractivity contribution is 0.287. The average molecular weight is 293 g/mol. The summed E-state index contributed by atoms with van der Waals surface area (Å²) in [5.74, 6) is 2.36. The molecule has 0 aliphatic carbocycles. The Morgan fingerprint density at radius 3 is 2.24 bits per heavy atom. The zero-order valence-corrected chi connectivity index (χ0v) is 14.2. The van der Waals surface area contributed by atoms with Gasteiger partial charge in [-0.2, -0.15) is 0 Å². The highest BCUT2D eigenvalue weighted by Gasteiger charge is 2.13. The molecule has 3 heteroatoms. The molecule has 0 saturated carbocycles. The van der Waals surface area contributed by atoms with Gasteiger partial charge in [-0.3, -0.25) is 0 Å². The second-order valence-electron chi connectivity index (χ2n) is 5.59. The standard InChI is InChI=1S/C18H31NO2/c1-6-19-16(14(4)5)11-9-15-10-12-17(20-7-2)18(13-15)21-8-3/h10,12-14,16,19H,6-9,11H2,1-5H3. The van der Waals surface area contributed by atoms with Crippen LogP contribution in [-0.2, 0) is 6.42 Å². The minimum atomic E-state index is 0.567. The molecule has 0 radical (unpaired) electrons. The molecule has 0 amide bonds.